The molecule has 0 saturated carbocycles. The standard InChI is InChI=1S/C20H27N3/c1-3-5-6-14(4-2)13-23-19-9-7-15(21)11-17(19)18-12-16(22)8-10-20(18)23/h7-12,14H,3-6,13,21-22H2,1-2H3. The highest BCUT2D eigenvalue weighted by molar-refractivity contribution is 6.09. The highest BCUT2D eigenvalue weighted by Crippen LogP contribution is 2.33. The number of aromatic nitrogens is 1. The van der Waals surface area contributed by atoms with E-state index in [9.17, 15) is 0 Å². The highest BCUT2D eigenvalue weighted by atomic mass is 15.0. The van der Waals surface area contributed by atoms with Crippen molar-refractivity contribution >= 4 is 33.2 Å². The summed E-state index contributed by atoms with van der Waals surface area (Å²) in [4.78, 5) is 0. The summed E-state index contributed by atoms with van der Waals surface area (Å²) in [5.74, 6) is 0.712. The summed E-state index contributed by atoms with van der Waals surface area (Å²) in [7, 11) is 0. The minimum absolute atomic E-state index is 0.712. The molecule has 1 heterocycles. The molecule has 1 unspecified atom stereocenters. The van der Waals surface area contributed by atoms with Gasteiger partial charge in [-0.15, -0.1) is 0 Å². The van der Waals surface area contributed by atoms with Crippen molar-refractivity contribution in [3.8, 4) is 0 Å². The van der Waals surface area contributed by atoms with Crippen LogP contribution in [0.5, 0.6) is 0 Å². The smallest absolute Gasteiger partial charge is 0.0492 e. The average molecular weight is 309 g/mol. The second-order valence-electron chi connectivity index (χ2n) is 6.58. The third kappa shape index (κ3) is 3.00. The number of fused-ring (bicyclic) bond motifs is 3. The Morgan fingerprint density at radius 2 is 1.48 bits per heavy atom. The Kier molecular flexibility index (Phi) is 4.46. The van der Waals surface area contributed by atoms with Crippen LogP contribution in [0.15, 0.2) is 36.4 Å². The minimum Gasteiger partial charge on any atom is -0.399 e. The lowest BCUT2D eigenvalue weighted by Crippen LogP contribution is -2.10. The number of nitrogen functional groups attached to an aromatic ring is 2. The van der Waals surface area contributed by atoms with Gasteiger partial charge in [0, 0.05) is 39.7 Å². The molecule has 2 aromatic carbocycles. The van der Waals surface area contributed by atoms with E-state index in [-0.39, 0.29) is 0 Å². The zero-order valence-corrected chi connectivity index (χ0v) is 14.2. The lowest BCUT2D eigenvalue weighted by Gasteiger charge is -2.17. The molecule has 1 aromatic heterocycles. The molecule has 0 spiro atoms. The van der Waals surface area contributed by atoms with Crippen LogP contribution in [-0.4, -0.2) is 4.57 Å². The van der Waals surface area contributed by atoms with Crippen LogP contribution in [0.2, 0.25) is 0 Å². The van der Waals surface area contributed by atoms with Gasteiger partial charge in [-0.1, -0.05) is 33.1 Å². The zero-order valence-electron chi connectivity index (χ0n) is 14.2. The van der Waals surface area contributed by atoms with Gasteiger partial charge in [0.15, 0.2) is 0 Å². The second-order valence-corrected chi connectivity index (χ2v) is 6.58. The normalized spacial score (nSPS) is 13.0. The van der Waals surface area contributed by atoms with Crippen LogP contribution < -0.4 is 11.5 Å². The monoisotopic (exact) mass is 309 g/mol. The number of nitrogens with zero attached hydrogens (tertiary/aromatic N) is 1. The first-order valence-electron chi connectivity index (χ1n) is 8.71. The number of rotatable bonds is 6. The van der Waals surface area contributed by atoms with E-state index < -0.39 is 0 Å². The van der Waals surface area contributed by atoms with Crippen LogP contribution in [0, 0.1) is 5.92 Å². The van der Waals surface area contributed by atoms with Gasteiger partial charge < -0.3 is 16.0 Å². The quantitative estimate of drug-likeness (QED) is 0.617. The van der Waals surface area contributed by atoms with Crippen LogP contribution in [0.3, 0.4) is 0 Å². The molecule has 4 N–H and O–H groups in total. The fourth-order valence-corrected chi connectivity index (χ4v) is 3.51. The van der Waals surface area contributed by atoms with Gasteiger partial charge in [0.25, 0.3) is 0 Å². The van der Waals surface area contributed by atoms with Crippen LogP contribution in [0.4, 0.5) is 11.4 Å². The largest absolute Gasteiger partial charge is 0.399 e. The van der Waals surface area contributed by atoms with Crippen LogP contribution >= 0.6 is 0 Å². The lowest BCUT2D eigenvalue weighted by atomic mass is 9.99. The van der Waals surface area contributed by atoms with Crippen molar-refractivity contribution in [2.75, 3.05) is 11.5 Å². The van der Waals surface area contributed by atoms with E-state index in [1.807, 2.05) is 12.1 Å². The number of benzene rings is 2. The molecule has 0 radical (unpaired) electrons. The summed E-state index contributed by atoms with van der Waals surface area (Å²) in [5, 5.41) is 2.41. The first-order chi connectivity index (χ1) is 11.1. The van der Waals surface area contributed by atoms with E-state index in [2.05, 4.69) is 42.7 Å². The van der Waals surface area contributed by atoms with Crippen molar-refractivity contribution < 1.29 is 0 Å². The molecular weight excluding hydrogens is 282 g/mol. The number of anilines is 2. The van der Waals surface area contributed by atoms with Gasteiger partial charge in [-0.3, -0.25) is 0 Å². The molecule has 23 heavy (non-hydrogen) atoms. The zero-order chi connectivity index (χ0) is 16.4. The Morgan fingerprint density at radius 1 is 0.913 bits per heavy atom. The third-order valence-electron chi connectivity index (χ3n) is 4.90. The number of unbranched alkanes of at least 4 members (excludes halogenated alkanes) is 1. The fraction of sp³-hybridized carbons (Fsp3) is 0.400. The lowest BCUT2D eigenvalue weighted by molar-refractivity contribution is 0.401. The molecule has 3 rings (SSSR count). The van der Waals surface area contributed by atoms with E-state index in [4.69, 9.17) is 11.5 Å². The molecule has 0 amide bonds. The highest BCUT2D eigenvalue weighted by Gasteiger charge is 2.14. The maximum Gasteiger partial charge on any atom is 0.0492 e. The van der Waals surface area contributed by atoms with E-state index in [1.54, 1.807) is 0 Å². The molecular formula is C20H27N3. The van der Waals surface area contributed by atoms with Crippen molar-refractivity contribution in [1.82, 2.24) is 4.57 Å². The Morgan fingerprint density at radius 3 is 1.96 bits per heavy atom. The van der Waals surface area contributed by atoms with Crippen molar-refractivity contribution in [3.63, 3.8) is 0 Å². The topological polar surface area (TPSA) is 57.0 Å². The third-order valence-corrected chi connectivity index (χ3v) is 4.90. The SMILES string of the molecule is CCCCC(CC)Cn1c2ccc(N)cc2c2cc(N)ccc21. The molecule has 0 aliphatic rings. The molecule has 0 aliphatic carbocycles. The van der Waals surface area contributed by atoms with Crippen molar-refractivity contribution in [2.45, 2.75) is 46.1 Å². The van der Waals surface area contributed by atoms with Crippen molar-refractivity contribution in [2.24, 2.45) is 5.92 Å². The second kappa shape index (κ2) is 6.53. The number of hydrogen-bond acceptors (Lipinski definition) is 2. The molecule has 0 aliphatic heterocycles. The van der Waals surface area contributed by atoms with E-state index >= 15 is 0 Å². The van der Waals surface area contributed by atoms with E-state index in [1.165, 1.54) is 47.5 Å². The minimum atomic E-state index is 0.712. The van der Waals surface area contributed by atoms with Gasteiger partial charge in [0.1, 0.15) is 0 Å². The maximum atomic E-state index is 6.01. The predicted molar refractivity (Wildman–Crippen MR) is 102 cm³/mol. The summed E-state index contributed by atoms with van der Waals surface area (Å²) in [6.45, 7) is 5.62. The summed E-state index contributed by atoms with van der Waals surface area (Å²) in [6.07, 6.45) is 5.06. The van der Waals surface area contributed by atoms with Crippen molar-refractivity contribution in [3.05, 3.63) is 36.4 Å². The molecule has 3 aromatic rings. The van der Waals surface area contributed by atoms with Gasteiger partial charge in [-0.05, 0) is 48.7 Å². The molecule has 122 valence electrons. The van der Waals surface area contributed by atoms with Crippen LogP contribution in [0.25, 0.3) is 21.8 Å². The molecule has 3 nitrogen and oxygen atoms in total. The molecule has 0 fully saturated rings. The summed E-state index contributed by atoms with van der Waals surface area (Å²) >= 11 is 0. The first-order valence-corrected chi connectivity index (χ1v) is 8.71. The average Bonchev–Trinajstić information content (AvgIpc) is 2.84. The number of hydrogen-bond donors (Lipinski definition) is 2. The Bertz CT molecular complexity index is 757. The van der Waals surface area contributed by atoms with Gasteiger partial charge in [0.05, 0.1) is 0 Å². The van der Waals surface area contributed by atoms with Crippen LogP contribution in [0.1, 0.15) is 39.5 Å². The Hall–Kier alpha value is -2.16. The van der Waals surface area contributed by atoms with Gasteiger partial charge in [0.2, 0.25) is 0 Å². The Balaban J connectivity index is 2.13. The van der Waals surface area contributed by atoms with Crippen LogP contribution in [-0.2, 0) is 6.54 Å². The summed E-state index contributed by atoms with van der Waals surface area (Å²) in [6, 6.07) is 12.4. The van der Waals surface area contributed by atoms with Gasteiger partial charge in [-0.2, -0.15) is 0 Å². The predicted octanol–water partition coefficient (Wildman–Crippen LogP) is 5.18. The summed E-state index contributed by atoms with van der Waals surface area (Å²) in [5.41, 5.74) is 16.2. The van der Waals surface area contributed by atoms with Gasteiger partial charge >= 0.3 is 0 Å². The number of nitrogens with two attached hydrogens (primary N) is 2. The Labute approximate surface area is 138 Å². The molecule has 3 heteroatoms. The molecule has 0 saturated heterocycles. The maximum absolute atomic E-state index is 6.01. The van der Waals surface area contributed by atoms with Crippen molar-refractivity contribution in [1.29, 1.82) is 0 Å². The van der Waals surface area contributed by atoms with Gasteiger partial charge in [-0.25, -0.2) is 0 Å². The van der Waals surface area contributed by atoms with E-state index in [0.29, 0.717) is 5.92 Å². The summed E-state index contributed by atoms with van der Waals surface area (Å²) < 4.78 is 2.45. The first kappa shape index (κ1) is 15.7. The molecule has 0 bridgehead atoms. The fourth-order valence-electron chi connectivity index (χ4n) is 3.51. The van der Waals surface area contributed by atoms with E-state index in [0.717, 1.165) is 17.9 Å². The molecule has 1 atom stereocenters.